The topological polar surface area (TPSA) is 42.7 Å². The van der Waals surface area contributed by atoms with Gasteiger partial charge in [-0.25, -0.2) is 9.67 Å². The molecule has 3 aromatic rings. The van der Waals surface area contributed by atoms with Crippen LogP contribution in [0.5, 0.6) is 0 Å². The van der Waals surface area contributed by atoms with E-state index in [0.717, 1.165) is 11.5 Å². The third kappa shape index (κ3) is 2.97. The maximum atomic E-state index is 4.46. The zero-order valence-corrected chi connectivity index (χ0v) is 12.9. The second-order valence-corrected chi connectivity index (χ2v) is 6.19. The molecule has 0 fully saturated rings. The van der Waals surface area contributed by atoms with E-state index < -0.39 is 0 Å². The number of nitrogens with one attached hydrogen (secondary N) is 1. The Kier molecular flexibility index (Phi) is 4.01. The summed E-state index contributed by atoms with van der Waals surface area (Å²) < 4.78 is 1.79. The van der Waals surface area contributed by atoms with Gasteiger partial charge in [0.25, 0.3) is 0 Å². The van der Waals surface area contributed by atoms with Gasteiger partial charge < -0.3 is 5.32 Å². The van der Waals surface area contributed by atoms with Crippen LogP contribution < -0.4 is 5.32 Å². The van der Waals surface area contributed by atoms with E-state index in [1.54, 1.807) is 28.4 Å². The van der Waals surface area contributed by atoms with Crippen molar-refractivity contribution in [1.29, 1.82) is 0 Å². The molecule has 0 amide bonds. The van der Waals surface area contributed by atoms with Gasteiger partial charge in [0, 0.05) is 23.5 Å². The monoisotopic (exact) mass is 298 g/mol. The summed E-state index contributed by atoms with van der Waals surface area (Å²) in [6.45, 7) is 4.45. The van der Waals surface area contributed by atoms with Crippen molar-refractivity contribution in [3.63, 3.8) is 0 Å². The van der Waals surface area contributed by atoms with Gasteiger partial charge in [0.05, 0.1) is 11.7 Å². The molecule has 3 heterocycles. The molecular formula is C16H18N4S. The number of anilines is 1. The molecule has 0 radical (unpaired) electrons. The van der Waals surface area contributed by atoms with E-state index in [2.05, 4.69) is 46.8 Å². The number of hydrogen-bond donors (Lipinski definition) is 1. The van der Waals surface area contributed by atoms with Crippen molar-refractivity contribution < 1.29 is 0 Å². The van der Waals surface area contributed by atoms with Crippen LogP contribution in [0.15, 0.2) is 54.3 Å². The molecule has 108 valence electrons. The summed E-state index contributed by atoms with van der Waals surface area (Å²) in [7, 11) is 0. The lowest BCUT2D eigenvalue weighted by Crippen LogP contribution is -2.17. The molecule has 0 bridgehead atoms. The molecule has 1 unspecified atom stereocenters. The smallest absolute Gasteiger partial charge is 0.176 e. The second kappa shape index (κ2) is 6.10. The molecule has 1 atom stereocenters. The molecule has 0 spiro atoms. The highest BCUT2D eigenvalue weighted by Crippen LogP contribution is 2.31. The van der Waals surface area contributed by atoms with Gasteiger partial charge in [-0.1, -0.05) is 19.9 Å². The highest BCUT2D eigenvalue weighted by Gasteiger charge is 2.18. The summed E-state index contributed by atoms with van der Waals surface area (Å²) in [6.07, 6.45) is 5.46. The third-order valence-electron chi connectivity index (χ3n) is 3.34. The molecule has 0 saturated heterocycles. The predicted octanol–water partition coefficient (Wildman–Crippen LogP) is 4.14. The van der Waals surface area contributed by atoms with Crippen molar-refractivity contribution >= 4 is 17.0 Å². The van der Waals surface area contributed by atoms with Crippen molar-refractivity contribution in [2.24, 2.45) is 5.92 Å². The molecule has 3 aromatic heterocycles. The minimum atomic E-state index is 0.267. The highest BCUT2D eigenvalue weighted by molar-refractivity contribution is 7.10. The Morgan fingerprint density at radius 3 is 2.71 bits per heavy atom. The first-order valence-corrected chi connectivity index (χ1v) is 7.88. The van der Waals surface area contributed by atoms with Gasteiger partial charge in [-0.3, -0.25) is 0 Å². The van der Waals surface area contributed by atoms with Gasteiger partial charge in [-0.15, -0.1) is 11.3 Å². The Balaban J connectivity index is 1.94. The normalized spacial score (nSPS) is 12.5. The summed E-state index contributed by atoms with van der Waals surface area (Å²) in [5.41, 5.74) is 0.994. The van der Waals surface area contributed by atoms with Gasteiger partial charge in [-0.2, -0.15) is 5.10 Å². The van der Waals surface area contributed by atoms with Crippen molar-refractivity contribution in [3.05, 3.63) is 59.2 Å². The molecule has 0 aliphatic carbocycles. The van der Waals surface area contributed by atoms with E-state index in [1.807, 2.05) is 24.4 Å². The Morgan fingerprint density at radius 1 is 1.14 bits per heavy atom. The predicted molar refractivity (Wildman–Crippen MR) is 86.9 cm³/mol. The minimum Gasteiger partial charge on any atom is -0.374 e. The van der Waals surface area contributed by atoms with Crippen LogP contribution in [0, 0.1) is 5.92 Å². The molecular weight excluding hydrogens is 280 g/mol. The Morgan fingerprint density at radius 2 is 2.05 bits per heavy atom. The molecule has 0 aliphatic rings. The fourth-order valence-electron chi connectivity index (χ4n) is 2.29. The first kappa shape index (κ1) is 13.8. The van der Waals surface area contributed by atoms with E-state index in [1.165, 1.54) is 4.88 Å². The van der Waals surface area contributed by atoms with Gasteiger partial charge in [0.2, 0.25) is 0 Å². The molecule has 3 rings (SSSR count). The zero-order valence-electron chi connectivity index (χ0n) is 12.1. The van der Waals surface area contributed by atoms with E-state index >= 15 is 0 Å². The van der Waals surface area contributed by atoms with Crippen molar-refractivity contribution in [2.45, 2.75) is 19.9 Å². The Bertz CT molecular complexity index is 674. The summed E-state index contributed by atoms with van der Waals surface area (Å²) in [4.78, 5) is 5.79. The molecule has 21 heavy (non-hydrogen) atoms. The number of pyridine rings is 1. The van der Waals surface area contributed by atoms with E-state index in [-0.39, 0.29) is 6.04 Å². The molecule has 1 N–H and O–H groups in total. The highest BCUT2D eigenvalue weighted by atomic mass is 32.1. The molecule has 0 saturated carbocycles. The first-order valence-electron chi connectivity index (χ1n) is 7.00. The minimum absolute atomic E-state index is 0.267. The van der Waals surface area contributed by atoms with Gasteiger partial charge in [0.1, 0.15) is 0 Å². The summed E-state index contributed by atoms with van der Waals surface area (Å²) in [5.74, 6) is 1.30. The summed E-state index contributed by atoms with van der Waals surface area (Å²) in [6, 6.07) is 10.4. The lowest BCUT2D eigenvalue weighted by atomic mass is 10.0. The van der Waals surface area contributed by atoms with E-state index in [4.69, 9.17) is 0 Å². The van der Waals surface area contributed by atoms with Crippen LogP contribution in [0.1, 0.15) is 24.8 Å². The fraction of sp³-hybridized carbons (Fsp3) is 0.250. The molecule has 5 heteroatoms. The van der Waals surface area contributed by atoms with Crippen LogP contribution in [-0.4, -0.2) is 14.8 Å². The number of nitrogens with zero attached hydrogens (tertiary/aromatic N) is 3. The number of aromatic nitrogens is 3. The van der Waals surface area contributed by atoms with Crippen LogP contribution in [0.3, 0.4) is 0 Å². The molecule has 0 aliphatic heterocycles. The molecule has 4 nitrogen and oxygen atoms in total. The quantitative estimate of drug-likeness (QED) is 0.770. The van der Waals surface area contributed by atoms with Crippen molar-refractivity contribution in [3.8, 4) is 5.82 Å². The lowest BCUT2D eigenvalue weighted by molar-refractivity contribution is 0.553. The second-order valence-electron chi connectivity index (χ2n) is 5.21. The van der Waals surface area contributed by atoms with Gasteiger partial charge in [0.15, 0.2) is 5.82 Å². The maximum absolute atomic E-state index is 4.46. The van der Waals surface area contributed by atoms with Crippen LogP contribution in [0.25, 0.3) is 5.82 Å². The average molecular weight is 298 g/mol. The first-order chi connectivity index (χ1) is 10.3. The SMILES string of the molecule is CC(C)C(Nc1cccnc1-n1cccn1)c1cccs1. The maximum Gasteiger partial charge on any atom is 0.176 e. The number of hydrogen-bond acceptors (Lipinski definition) is 4. The van der Waals surface area contributed by atoms with E-state index in [0.29, 0.717) is 5.92 Å². The van der Waals surface area contributed by atoms with Gasteiger partial charge in [-0.05, 0) is 35.6 Å². The molecule has 0 aromatic carbocycles. The van der Waals surface area contributed by atoms with Crippen LogP contribution in [0.4, 0.5) is 5.69 Å². The largest absolute Gasteiger partial charge is 0.374 e. The summed E-state index contributed by atoms with van der Waals surface area (Å²) in [5, 5.41) is 10.0. The Labute approximate surface area is 128 Å². The van der Waals surface area contributed by atoms with Crippen LogP contribution >= 0.6 is 11.3 Å². The lowest BCUT2D eigenvalue weighted by Gasteiger charge is -2.23. The van der Waals surface area contributed by atoms with Crippen molar-refractivity contribution in [2.75, 3.05) is 5.32 Å². The van der Waals surface area contributed by atoms with Gasteiger partial charge >= 0.3 is 0 Å². The van der Waals surface area contributed by atoms with Crippen LogP contribution in [-0.2, 0) is 0 Å². The van der Waals surface area contributed by atoms with E-state index in [9.17, 15) is 0 Å². The third-order valence-corrected chi connectivity index (χ3v) is 4.29. The standard InChI is InChI=1S/C16H18N4S/c1-12(2)15(14-7-4-11-21-14)19-13-6-3-8-17-16(13)20-10-5-9-18-20/h3-12,15,19H,1-2H3. The van der Waals surface area contributed by atoms with Crippen molar-refractivity contribution in [1.82, 2.24) is 14.8 Å². The Hall–Kier alpha value is -2.14. The zero-order chi connectivity index (χ0) is 14.7. The summed E-state index contributed by atoms with van der Waals surface area (Å²) >= 11 is 1.78. The fourth-order valence-corrected chi connectivity index (χ4v) is 3.24. The number of rotatable bonds is 5. The average Bonchev–Trinajstić information content (AvgIpc) is 3.18. The number of thiophene rings is 1. The van der Waals surface area contributed by atoms with Crippen LogP contribution in [0.2, 0.25) is 0 Å².